The maximum atomic E-state index is 9.30. The Bertz CT molecular complexity index is 273. The smallest absolute Gasteiger partial charge is 0.0761 e. The minimum atomic E-state index is -0.369. The Morgan fingerprint density at radius 3 is 2.31 bits per heavy atom. The molecule has 1 aromatic rings. The van der Waals surface area contributed by atoms with Crippen LogP contribution >= 0.6 is 0 Å². The zero-order chi connectivity index (χ0) is 9.26. The average molecular weight is 178 g/mol. The highest BCUT2D eigenvalue weighted by molar-refractivity contribution is 5.27. The van der Waals surface area contributed by atoms with Gasteiger partial charge in [0.2, 0.25) is 0 Å². The maximum Gasteiger partial charge on any atom is 0.0761 e. The normalized spacial score (nSPS) is 19.5. The van der Waals surface area contributed by atoms with Gasteiger partial charge in [-0.25, -0.2) is 0 Å². The molecule has 0 radical (unpaired) electrons. The van der Waals surface area contributed by atoms with Crippen molar-refractivity contribution in [2.75, 3.05) is 13.2 Å². The fourth-order valence-corrected chi connectivity index (χ4v) is 1.47. The number of benzene rings is 1. The summed E-state index contributed by atoms with van der Waals surface area (Å²) in [6, 6.07) is 8.13. The van der Waals surface area contributed by atoms with Gasteiger partial charge in [0.05, 0.1) is 19.3 Å². The van der Waals surface area contributed by atoms with Crippen molar-refractivity contribution in [2.45, 2.75) is 18.9 Å². The van der Waals surface area contributed by atoms with Crippen molar-refractivity contribution in [3.63, 3.8) is 0 Å². The summed E-state index contributed by atoms with van der Waals surface area (Å²) in [6.07, 6.45) is -0.369. The van der Waals surface area contributed by atoms with E-state index in [1.54, 1.807) is 6.92 Å². The van der Waals surface area contributed by atoms with Crippen molar-refractivity contribution in [3.05, 3.63) is 35.4 Å². The molecule has 13 heavy (non-hydrogen) atoms. The second-order valence-electron chi connectivity index (χ2n) is 3.58. The van der Waals surface area contributed by atoms with Crippen molar-refractivity contribution >= 4 is 0 Å². The van der Waals surface area contributed by atoms with Crippen LogP contribution in [0.4, 0.5) is 0 Å². The van der Waals surface area contributed by atoms with Crippen LogP contribution < -0.4 is 0 Å². The van der Waals surface area contributed by atoms with E-state index in [9.17, 15) is 5.11 Å². The lowest BCUT2D eigenvalue weighted by atomic mass is 9.96. The van der Waals surface area contributed by atoms with E-state index in [-0.39, 0.29) is 6.10 Å². The first-order valence-corrected chi connectivity index (χ1v) is 4.63. The van der Waals surface area contributed by atoms with Gasteiger partial charge in [0.25, 0.3) is 0 Å². The van der Waals surface area contributed by atoms with Gasteiger partial charge < -0.3 is 9.84 Å². The molecule has 0 spiro atoms. The SMILES string of the molecule is CC(O)c1ccc(C2COC2)cc1. The molecule has 1 aliphatic rings. The third-order valence-corrected chi connectivity index (χ3v) is 2.53. The van der Waals surface area contributed by atoms with Gasteiger partial charge in [-0.15, -0.1) is 0 Å². The summed E-state index contributed by atoms with van der Waals surface area (Å²) >= 11 is 0. The van der Waals surface area contributed by atoms with E-state index < -0.39 is 0 Å². The quantitative estimate of drug-likeness (QED) is 0.749. The topological polar surface area (TPSA) is 29.5 Å². The second kappa shape index (κ2) is 3.48. The Kier molecular flexibility index (Phi) is 2.34. The summed E-state index contributed by atoms with van der Waals surface area (Å²) < 4.78 is 5.12. The van der Waals surface area contributed by atoms with Crippen molar-refractivity contribution in [1.29, 1.82) is 0 Å². The van der Waals surface area contributed by atoms with Gasteiger partial charge in [-0.3, -0.25) is 0 Å². The second-order valence-corrected chi connectivity index (χ2v) is 3.58. The van der Waals surface area contributed by atoms with Crippen LogP contribution in [0.25, 0.3) is 0 Å². The third-order valence-electron chi connectivity index (χ3n) is 2.53. The number of ether oxygens (including phenoxy) is 1. The molecule has 1 saturated heterocycles. The minimum Gasteiger partial charge on any atom is -0.389 e. The number of hydrogen-bond donors (Lipinski definition) is 1. The zero-order valence-corrected chi connectivity index (χ0v) is 7.73. The van der Waals surface area contributed by atoms with E-state index in [0.29, 0.717) is 5.92 Å². The van der Waals surface area contributed by atoms with Crippen LogP contribution in [0.3, 0.4) is 0 Å². The van der Waals surface area contributed by atoms with Crippen LogP contribution in [0, 0.1) is 0 Å². The molecule has 1 aromatic carbocycles. The highest BCUT2D eigenvalue weighted by Gasteiger charge is 2.20. The molecule has 1 atom stereocenters. The molecule has 2 nitrogen and oxygen atoms in total. The summed E-state index contributed by atoms with van der Waals surface area (Å²) in [7, 11) is 0. The van der Waals surface area contributed by atoms with Gasteiger partial charge in [0.15, 0.2) is 0 Å². The van der Waals surface area contributed by atoms with Crippen LogP contribution in [0.5, 0.6) is 0 Å². The minimum absolute atomic E-state index is 0.369. The maximum absolute atomic E-state index is 9.30. The van der Waals surface area contributed by atoms with Crippen LogP contribution in [-0.2, 0) is 4.74 Å². The predicted octanol–water partition coefficient (Wildman–Crippen LogP) is 1.85. The van der Waals surface area contributed by atoms with Crippen molar-refractivity contribution in [2.24, 2.45) is 0 Å². The molecule has 1 heterocycles. The van der Waals surface area contributed by atoms with Crippen molar-refractivity contribution in [1.82, 2.24) is 0 Å². The fourth-order valence-electron chi connectivity index (χ4n) is 1.47. The number of hydrogen-bond acceptors (Lipinski definition) is 2. The lowest BCUT2D eigenvalue weighted by Gasteiger charge is -2.26. The number of aliphatic hydroxyl groups excluding tert-OH is 1. The van der Waals surface area contributed by atoms with E-state index in [1.807, 2.05) is 12.1 Å². The number of aliphatic hydroxyl groups is 1. The first-order valence-electron chi connectivity index (χ1n) is 4.63. The summed E-state index contributed by atoms with van der Waals surface area (Å²) in [6.45, 7) is 3.46. The molecule has 1 N–H and O–H groups in total. The van der Waals surface area contributed by atoms with Crippen molar-refractivity contribution < 1.29 is 9.84 Å². The Morgan fingerprint density at radius 1 is 1.31 bits per heavy atom. The first kappa shape index (κ1) is 8.73. The molecular formula is C11H14O2. The van der Waals surface area contributed by atoms with Crippen LogP contribution in [-0.4, -0.2) is 18.3 Å². The molecular weight excluding hydrogens is 164 g/mol. The molecule has 0 amide bonds. The molecule has 1 unspecified atom stereocenters. The Balaban J connectivity index is 2.13. The van der Waals surface area contributed by atoms with E-state index in [1.165, 1.54) is 5.56 Å². The lowest BCUT2D eigenvalue weighted by Crippen LogP contribution is -2.24. The summed E-state index contributed by atoms with van der Waals surface area (Å²) in [5.74, 6) is 0.572. The van der Waals surface area contributed by atoms with Gasteiger partial charge in [-0.05, 0) is 18.1 Å². The standard InChI is InChI=1S/C11H14O2/c1-8(12)9-2-4-10(5-3-9)11-6-13-7-11/h2-5,8,11-12H,6-7H2,1H3. The van der Waals surface area contributed by atoms with E-state index in [2.05, 4.69) is 12.1 Å². The molecule has 1 aliphatic heterocycles. The average Bonchev–Trinajstić information content (AvgIpc) is 2.02. The van der Waals surface area contributed by atoms with Gasteiger partial charge in [-0.2, -0.15) is 0 Å². The molecule has 0 saturated carbocycles. The third kappa shape index (κ3) is 1.74. The van der Waals surface area contributed by atoms with E-state index >= 15 is 0 Å². The number of rotatable bonds is 2. The molecule has 0 aliphatic carbocycles. The summed E-state index contributed by atoms with van der Waals surface area (Å²) in [4.78, 5) is 0. The Morgan fingerprint density at radius 2 is 1.92 bits per heavy atom. The molecule has 0 aromatic heterocycles. The zero-order valence-electron chi connectivity index (χ0n) is 7.73. The predicted molar refractivity (Wildman–Crippen MR) is 50.6 cm³/mol. The first-order chi connectivity index (χ1) is 6.27. The van der Waals surface area contributed by atoms with Gasteiger partial charge >= 0.3 is 0 Å². The molecule has 2 heteroatoms. The van der Waals surface area contributed by atoms with Crippen LogP contribution in [0.15, 0.2) is 24.3 Å². The molecule has 70 valence electrons. The Hall–Kier alpha value is -0.860. The molecule has 2 rings (SSSR count). The molecule has 0 bridgehead atoms. The van der Waals surface area contributed by atoms with Crippen LogP contribution in [0.1, 0.15) is 30.1 Å². The van der Waals surface area contributed by atoms with Gasteiger partial charge in [-0.1, -0.05) is 24.3 Å². The highest BCUT2D eigenvalue weighted by atomic mass is 16.5. The molecule has 1 fully saturated rings. The highest BCUT2D eigenvalue weighted by Crippen LogP contribution is 2.25. The van der Waals surface area contributed by atoms with Crippen LogP contribution in [0.2, 0.25) is 0 Å². The van der Waals surface area contributed by atoms with Gasteiger partial charge in [0, 0.05) is 5.92 Å². The van der Waals surface area contributed by atoms with Gasteiger partial charge in [0.1, 0.15) is 0 Å². The van der Waals surface area contributed by atoms with E-state index in [0.717, 1.165) is 18.8 Å². The van der Waals surface area contributed by atoms with Crippen molar-refractivity contribution in [3.8, 4) is 0 Å². The van der Waals surface area contributed by atoms with E-state index in [4.69, 9.17) is 4.74 Å². The fraction of sp³-hybridized carbons (Fsp3) is 0.455. The Labute approximate surface area is 78.2 Å². The largest absolute Gasteiger partial charge is 0.389 e. The summed E-state index contributed by atoms with van der Waals surface area (Å²) in [5, 5.41) is 9.30. The summed E-state index contributed by atoms with van der Waals surface area (Å²) in [5.41, 5.74) is 2.29. The lowest BCUT2D eigenvalue weighted by molar-refractivity contribution is 0.00840. The monoisotopic (exact) mass is 178 g/mol.